The highest BCUT2D eigenvalue weighted by Gasteiger charge is 2.23. The lowest BCUT2D eigenvalue weighted by Gasteiger charge is -2.33. The Kier molecular flexibility index (Phi) is 5.32. The van der Waals surface area contributed by atoms with Gasteiger partial charge in [0.05, 0.1) is 16.4 Å². The maximum absolute atomic E-state index is 5.95. The van der Waals surface area contributed by atoms with Crippen LogP contribution in [-0.2, 0) is 0 Å². The minimum Gasteiger partial charge on any atom is -0.473 e. The molecule has 0 bridgehead atoms. The summed E-state index contributed by atoms with van der Waals surface area (Å²) in [5.41, 5.74) is 0.870. The van der Waals surface area contributed by atoms with E-state index in [0.29, 0.717) is 5.88 Å². The molecular weight excluding hydrogens is 378 g/mol. The lowest BCUT2D eigenvalue weighted by molar-refractivity contribution is 0.162. The number of hydrogen-bond donors (Lipinski definition) is 0. The Bertz CT molecular complexity index is 679. The molecule has 0 amide bonds. The highest BCUT2D eigenvalue weighted by Crippen LogP contribution is 2.28. The fourth-order valence-corrected chi connectivity index (χ4v) is 3.29. The quantitative estimate of drug-likeness (QED) is 0.581. The molecule has 0 aliphatic carbocycles. The molecule has 2 aromatic rings. The second-order valence-corrected chi connectivity index (χ2v) is 6.96. The molecule has 2 aromatic heterocycles. The van der Waals surface area contributed by atoms with Crippen molar-refractivity contribution >= 4 is 33.5 Å². The fourth-order valence-electron chi connectivity index (χ4n) is 2.52. The first kappa shape index (κ1) is 16.4. The van der Waals surface area contributed by atoms with Crippen molar-refractivity contribution in [1.29, 1.82) is 0 Å². The zero-order valence-corrected chi connectivity index (χ0v) is 15.5. The van der Waals surface area contributed by atoms with Crippen molar-refractivity contribution < 1.29 is 4.74 Å². The Morgan fingerprint density at radius 2 is 2.00 bits per heavy atom. The summed E-state index contributed by atoms with van der Waals surface area (Å²) in [7, 11) is 0. The first-order valence-corrected chi connectivity index (χ1v) is 9.44. The number of ether oxygens (including phenoxy) is 1. The Balaban J connectivity index is 1.62. The van der Waals surface area contributed by atoms with E-state index in [2.05, 4.69) is 40.8 Å². The van der Waals surface area contributed by atoms with Crippen molar-refractivity contribution in [1.82, 2.24) is 19.9 Å². The molecule has 3 heterocycles. The Morgan fingerprint density at radius 3 is 2.70 bits per heavy atom. The van der Waals surface area contributed by atoms with Crippen LogP contribution in [0.1, 0.15) is 18.5 Å². The van der Waals surface area contributed by atoms with Gasteiger partial charge in [0.15, 0.2) is 5.16 Å². The van der Waals surface area contributed by atoms with Crippen LogP contribution in [0, 0.1) is 6.92 Å². The zero-order chi connectivity index (χ0) is 16.2. The van der Waals surface area contributed by atoms with E-state index in [4.69, 9.17) is 4.74 Å². The Hall–Kier alpha value is -1.41. The van der Waals surface area contributed by atoms with E-state index < -0.39 is 0 Å². The third kappa shape index (κ3) is 4.11. The molecule has 0 atom stereocenters. The van der Waals surface area contributed by atoms with E-state index in [1.165, 1.54) is 0 Å². The average Bonchev–Trinajstić information content (AvgIpc) is 2.56. The summed E-state index contributed by atoms with van der Waals surface area (Å²) in [6.45, 7) is 3.71. The van der Waals surface area contributed by atoms with E-state index in [1.807, 2.05) is 19.4 Å². The summed E-state index contributed by atoms with van der Waals surface area (Å²) in [6, 6.07) is 0. The third-order valence-electron chi connectivity index (χ3n) is 3.65. The highest BCUT2D eigenvalue weighted by molar-refractivity contribution is 9.10. The molecule has 1 saturated heterocycles. The van der Waals surface area contributed by atoms with Crippen LogP contribution < -0.4 is 9.64 Å². The number of hydrogen-bond acceptors (Lipinski definition) is 7. The van der Waals surface area contributed by atoms with Gasteiger partial charge in [-0.3, -0.25) is 4.98 Å². The number of aromatic nitrogens is 4. The van der Waals surface area contributed by atoms with Gasteiger partial charge in [-0.2, -0.15) is 0 Å². The molecule has 0 N–H and O–H groups in total. The van der Waals surface area contributed by atoms with Crippen LogP contribution in [0.3, 0.4) is 0 Å². The van der Waals surface area contributed by atoms with E-state index in [9.17, 15) is 0 Å². The maximum atomic E-state index is 5.95. The van der Waals surface area contributed by atoms with Crippen molar-refractivity contribution in [2.45, 2.75) is 31.0 Å². The molecule has 1 aliphatic rings. The van der Waals surface area contributed by atoms with Gasteiger partial charge < -0.3 is 9.64 Å². The standard InChI is InChI=1S/C15H18BrN5OS/c1-10-7-17-9-13(19-10)22-11-3-5-21(6-4-11)14-12(16)8-18-15(20-14)23-2/h7-9,11H,3-6H2,1-2H3. The van der Waals surface area contributed by atoms with Gasteiger partial charge in [0.2, 0.25) is 5.88 Å². The molecular formula is C15H18BrN5OS. The summed E-state index contributed by atoms with van der Waals surface area (Å²) in [5, 5.41) is 0.789. The van der Waals surface area contributed by atoms with Gasteiger partial charge in [0.25, 0.3) is 0 Å². The third-order valence-corrected chi connectivity index (χ3v) is 4.77. The van der Waals surface area contributed by atoms with Crippen LogP contribution in [0.15, 0.2) is 28.2 Å². The highest BCUT2D eigenvalue weighted by atomic mass is 79.9. The monoisotopic (exact) mass is 395 g/mol. The van der Waals surface area contributed by atoms with Crippen LogP contribution in [-0.4, -0.2) is 45.4 Å². The SMILES string of the molecule is CSc1ncc(Br)c(N2CCC(Oc3cncc(C)n3)CC2)n1. The molecule has 122 valence electrons. The van der Waals surface area contributed by atoms with Gasteiger partial charge in [-0.15, -0.1) is 0 Å². The number of piperidine rings is 1. The van der Waals surface area contributed by atoms with Gasteiger partial charge in [0, 0.05) is 38.3 Å². The van der Waals surface area contributed by atoms with E-state index >= 15 is 0 Å². The predicted octanol–water partition coefficient (Wildman–Crippen LogP) is 3.11. The van der Waals surface area contributed by atoms with Crippen LogP contribution in [0.4, 0.5) is 5.82 Å². The van der Waals surface area contributed by atoms with Gasteiger partial charge in [-0.05, 0) is 29.1 Å². The van der Waals surface area contributed by atoms with Gasteiger partial charge in [0.1, 0.15) is 11.9 Å². The molecule has 0 aromatic carbocycles. The van der Waals surface area contributed by atoms with Crippen molar-refractivity contribution in [2.75, 3.05) is 24.2 Å². The lowest BCUT2D eigenvalue weighted by Crippen LogP contribution is -2.39. The van der Waals surface area contributed by atoms with Crippen molar-refractivity contribution in [3.63, 3.8) is 0 Å². The molecule has 0 saturated carbocycles. The van der Waals surface area contributed by atoms with Crippen LogP contribution in [0.2, 0.25) is 0 Å². The smallest absolute Gasteiger partial charge is 0.232 e. The fraction of sp³-hybridized carbons (Fsp3) is 0.467. The summed E-state index contributed by atoms with van der Waals surface area (Å²) in [5.74, 6) is 1.56. The maximum Gasteiger partial charge on any atom is 0.232 e. The second kappa shape index (κ2) is 7.44. The molecule has 8 heteroatoms. The number of halogens is 1. The normalized spacial score (nSPS) is 15.7. The first-order valence-electron chi connectivity index (χ1n) is 7.42. The lowest BCUT2D eigenvalue weighted by atomic mass is 10.1. The predicted molar refractivity (Wildman–Crippen MR) is 94.1 cm³/mol. The van der Waals surface area contributed by atoms with Crippen molar-refractivity contribution in [3.05, 3.63) is 28.8 Å². The molecule has 3 rings (SSSR count). The molecule has 0 spiro atoms. The minimum absolute atomic E-state index is 0.169. The van der Waals surface area contributed by atoms with Crippen molar-refractivity contribution in [3.8, 4) is 5.88 Å². The molecule has 0 unspecified atom stereocenters. The summed E-state index contributed by atoms with van der Waals surface area (Å²) < 4.78 is 6.88. The Morgan fingerprint density at radius 1 is 1.22 bits per heavy atom. The average molecular weight is 396 g/mol. The van der Waals surface area contributed by atoms with Crippen molar-refractivity contribution in [2.24, 2.45) is 0 Å². The molecule has 6 nitrogen and oxygen atoms in total. The molecule has 1 fully saturated rings. The molecule has 0 radical (unpaired) electrons. The van der Waals surface area contributed by atoms with E-state index in [0.717, 1.165) is 47.1 Å². The second-order valence-electron chi connectivity index (χ2n) is 5.33. The molecule has 23 heavy (non-hydrogen) atoms. The van der Waals surface area contributed by atoms with E-state index in [1.54, 1.807) is 24.2 Å². The minimum atomic E-state index is 0.169. The van der Waals surface area contributed by atoms with Crippen LogP contribution >= 0.6 is 27.7 Å². The van der Waals surface area contributed by atoms with Crippen LogP contribution in [0.5, 0.6) is 5.88 Å². The number of nitrogens with zero attached hydrogens (tertiary/aromatic N) is 5. The summed E-state index contributed by atoms with van der Waals surface area (Å²) >= 11 is 5.10. The Labute approximate surface area is 148 Å². The van der Waals surface area contributed by atoms with Crippen LogP contribution in [0.25, 0.3) is 0 Å². The first-order chi connectivity index (χ1) is 11.2. The number of rotatable bonds is 4. The molecule has 1 aliphatic heterocycles. The summed E-state index contributed by atoms with van der Waals surface area (Å²) in [4.78, 5) is 19.6. The van der Waals surface area contributed by atoms with Gasteiger partial charge in [-0.1, -0.05) is 11.8 Å². The van der Waals surface area contributed by atoms with Gasteiger partial charge >= 0.3 is 0 Å². The zero-order valence-electron chi connectivity index (χ0n) is 13.1. The summed E-state index contributed by atoms with van der Waals surface area (Å²) in [6.07, 6.45) is 9.23. The largest absolute Gasteiger partial charge is 0.473 e. The number of aryl methyl sites for hydroxylation is 1. The number of anilines is 1. The number of thioether (sulfide) groups is 1. The van der Waals surface area contributed by atoms with E-state index in [-0.39, 0.29) is 6.10 Å². The topological polar surface area (TPSA) is 64.0 Å². The van der Waals surface area contributed by atoms with Gasteiger partial charge in [-0.25, -0.2) is 15.0 Å².